The Morgan fingerprint density at radius 2 is 2.04 bits per heavy atom. The number of nitrogens with one attached hydrogen (secondary N) is 1. The Bertz CT molecular complexity index is 925. The number of benzene rings is 1. The molecule has 10 heteroatoms. The first kappa shape index (κ1) is 21.3. The van der Waals surface area contributed by atoms with Crippen LogP contribution in [0.5, 0.6) is 5.75 Å². The van der Waals surface area contributed by atoms with Crippen LogP contribution in [0.15, 0.2) is 23.1 Å². The minimum Gasteiger partial charge on any atom is -0.495 e. The number of thiazole rings is 1. The van der Waals surface area contributed by atoms with Gasteiger partial charge in [-0.3, -0.25) is 9.63 Å². The summed E-state index contributed by atoms with van der Waals surface area (Å²) in [5.41, 5.74) is 1.35. The van der Waals surface area contributed by atoms with E-state index in [9.17, 15) is 13.2 Å². The molecule has 2 rings (SSSR count). The van der Waals surface area contributed by atoms with E-state index in [0.29, 0.717) is 22.8 Å². The van der Waals surface area contributed by atoms with Crippen molar-refractivity contribution in [2.24, 2.45) is 0 Å². The van der Waals surface area contributed by atoms with Gasteiger partial charge >= 0.3 is 0 Å². The van der Waals surface area contributed by atoms with E-state index in [1.54, 1.807) is 19.1 Å². The van der Waals surface area contributed by atoms with E-state index in [4.69, 9.17) is 9.57 Å². The van der Waals surface area contributed by atoms with Crippen molar-refractivity contribution in [3.63, 3.8) is 0 Å². The number of rotatable bonds is 8. The van der Waals surface area contributed by atoms with Crippen molar-refractivity contribution >= 4 is 32.4 Å². The lowest BCUT2D eigenvalue weighted by atomic mass is 10.1. The number of aryl methyl sites for hydroxylation is 1. The summed E-state index contributed by atoms with van der Waals surface area (Å²) in [6.07, 6.45) is 0.600. The van der Waals surface area contributed by atoms with Crippen molar-refractivity contribution in [1.29, 1.82) is 0 Å². The van der Waals surface area contributed by atoms with Crippen LogP contribution < -0.4 is 10.1 Å². The van der Waals surface area contributed by atoms with Crippen molar-refractivity contribution in [2.75, 3.05) is 26.1 Å². The van der Waals surface area contributed by atoms with Gasteiger partial charge in [0, 0.05) is 13.5 Å². The van der Waals surface area contributed by atoms with Gasteiger partial charge < -0.3 is 10.1 Å². The van der Waals surface area contributed by atoms with Crippen LogP contribution in [0, 0.1) is 6.92 Å². The number of carbonyl (C=O) groups is 1. The Hall–Kier alpha value is -2.01. The van der Waals surface area contributed by atoms with Gasteiger partial charge in [-0.15, -0.1) is 0 Å². The van der Waals surface area contributed by atoms with Crippen LogP contribution in [0.4, 0.5) is 5.13 Å². The lowest BCUT2D eigenvalue weighted by molar-refractivity contribution is -0.114. The summed E-state index contributed by atoms with van der Waals surface area (Å²) in [5.74, 6) is 0.00440. The van der Waals surface area contributed by atoms with E-state index in [1.165, 1.54) is 38.5 Å². The van der Waals surface area contributed by atoms with E-state index < -0.39 is 10.0 Å². The maximum Gasteiger partial charge on any atom is 0.268 e. The molecule has 148 valence electrons. The molecule has 0 spiro atoms. The smallest absolute Gasteiger partial charge is 0.268 e. The maximum atomic E-state index is 13.0. The molecule has 0 aliphatic rings. The number of aromatic nitrogens is 1. The van der Waals surface area contributed by atoms with E-state index in [0.717, 1.165) is 9.35 Å². The molecule has 0 saturated carbocycles. The van der Waals surface area contributed by atoms with Crippen LogP contribution in [0.3, 0.4) is 0 Å². The molecule has 8 nitrogen and oxygen atoms in total. The Morgan fingerprint density at radius 3 is 2.59 bits per heavy atom. The second-order valence-electron chi connectivity index (χ2n) is 5.69. The van der Waals surface area contributed by atoms with Gasteiger partial charge in [0.05, 0.1) is 24.8 Å². The number of hydrogen-bond donors (Lipinski definition) is 1. The van der Waals surface area contributed by atoms with Crippen molar-refractivity contribution < 1.29 is 22.8 Å². The number of anilines is 1. The molecule has 2 aromatic rings. The first-order chi connectivity index (χ1) is 12.7. The number of hydrogen-bond acceptors (Lipinski definition) is 7. The van der Waals surface area contributed by atoms with E-state index in [2.05, 4.69) is 10.3 Å². The fourth-order valence-corrected chi connectivity index (χ4v) is 5.02. The van der Waals surface area contributed by atoms with E-state index in [1.807, 2.05) is 6.92 Å². The first-order valence-corrected chi connectivity index (χ1v) is 10.5. The highest BCUT2D eigenvalue weighted by molar-refractivity contribution is 7.89. The third kappa shape index (κ3) is 4.64. The van der Waals surface area contributed by atoms with E-state index >= 15 is 0 Å². The molecule has 0 fully saturated rings. The van der Waals surface area contributed by atoms with Gasteiger partial charge in [0.25, 0.3) is 10.0 Å². The number of methoxy groups -OCH3 is 1. The predicted molar refractivity (Wildman–Crippen MR) is 104 cm³/mol. The van der Waals surface area contributed by atoms with Crippen molar-refractivity contribution in [2.45, 2.75) is 32.1 Å². The Balaban J connectivity index is 2.56. The highest BCUT2D eigenvalue weighted by atomic mass is 32.2. The maximum absolute atomic E-state index is 13.0. The van der Waals surface area contributed by atoms with Gasteiger partial charge in [-0.1, -0.05) is 22.7 Å². The molecule has 1 N–H and O–H groups in total. The van der Waals surface area contributed by atoms with Gasteiger partial charge in [-0.25, -0.2) is 13.4 Å². The standard InChI is InChI=1S/C17H23N3O5S2/c1-6-9-20(25-5)27(22,23)15-10-13(7-8-14(15)24-4)16-11(2)18-17(26-16)19-12(3)21/h7-8,10H,6,9H2,1-5H3,(H,18,19,21). The third-order valence-corrected chi connectivity index (χ3v) is 6.53. The fourth-order valence-electron chi connectivity index (χ4n) is 2.49. The van der Waals surface area contributed by atoms with Crippen LogP contribution in [0.2, 0.25) is 0 Å². The molecule has 0 radical (unpaired) electrons. The molecule has 1 aromatic heterocycles. The SMILES string of the molecule is CCCN(OC)S(=O)(=O)c1cc(-c2sc(NC(C)=O)nc2C)ccc1OC. The highest BCUT2D eigenvalue weighted by Gasteiger charge is 2.28. The van der Waals surface area contributed by atoms with Crippen molar-refractivity contribution in [3.8, 4) is 16.2 Å². The van der Waals surface area contributed by atoms with Crippen molar-refractivity contribution in [1.82, 2.24) is 9.45 Å². The van der Waals surface area contributed by atoms with Crippen LogP contribution >= 0.6 is 11.3 Å². The van der Waals surface area contributed by atoms with Crippen LogP contribution in [0.1, 0.15) is 26.0 Å². The molecular formula is C17H23N3O5S2. The number of ether oxygens (including phenoxy) is 1. The monoisotopic (exact) mass is 413 g/mol. The van der Waals surface area contributed by atoms with Gasteiger partial charge in [0.15, 0.2) is 5.13 Å². The van der Waals surface area contributed by atoms with Gasteiger partial charge in [-0.2, -0.15) is 0 Å². The molecule has 0 aliphatic heterocycles. The molecule has 27 heavy (non-hydrogen) atoms. The minimum absolute atomic E-state index is 0.00618. The topological polar surface area (TPSA) is 97.8 Å². The number of carbonyl (C=O) groups excluding carboxylic acids is 1. The highest BCUT2D eigenvalue weighted by Crippen LogP contribution is 2.37. The summed E-state index contributed by atoms with van der Waals surface area (Å²) in [4.78, 5) is 21.4. The average molecular weight is 414 g/mol. The molecule has 0 atom stereocenters. The van der Waals surface area contributed by atoms with Crippen LogP contribution in [-0.4, -0.2) is 44.5 Å². The summed E-state index contributed by atoms with van der Waals surface area (Å²) in [6, 6.07) is 4.89. The summed E-state index contributed by atoms with van der Waals surface area (Å²) in [6.45, 7) is 5.29. The average Bonchev–Trinajstić information content (AvgIpc) is 2.98. The quantitative estimate of drug-likeness (QED) is 0.668. The lowest BCUT2D eigenvalue weighted by Gasteiger charge is -2.20. The van der Waals surface area contributed by atoms with Crippen LogP contribution in [-0.2, 0) is 19.7 Å². The summed E-state index contributed by atoms with van der Waals surface area (Å²) < 4.78 is 32.2. The molecule has 0 bridgehead atoms. The largest absolute Gasteiger partial charge is 0.495 e. The molecule has 0 unspecified atom stereocenters. The predicted octanol–water partition coefficient (Wildman–Crippen LogP) is 3.05. The third-order valence-electron chi connectivity index (χ3n) is 3.66. The first-order valence-electron chi connectivity index (χ1n) is 8.24. The van der Waals surface area contributed by atoms with Gasteiger partial charge in [0.1, 0.15) is 10.6 Å². The fraction of sp³-hybridized carbons (Fsp3) is 0.412. The molecule has 1 heterocycles. The molecule has 0 aliphatic carbocycles. The zero-order valence-corrected chi connectivity index (χ0v) is 17.5. The second-order valence-corrected chi connectivity index (χ2v) is 8.49. The zero-order chi connectivity index (χ0) is 20.2. The van der Waals surface area contributed by atoms with Gasteiger partial charge in [0.2, 0.25) is 5.91 Å². The summed E-state index contributed by atoms with van der Waals surface area (Å²) in [5, 5.41) is 3.10. The summed E-state index contributed by atoms with van der Waals surface area (Å²) in [7, 11) is -1.18. The number of hydroxylamine groups is 1. The Labute approximate surface area is 163 Å². The number of nitrogens with zero attached hydrogens (tertiary/aromatic N) is 2. The van der Waals surface area contributed by atoms with Crippen LogP contribution in [0.25, 0.3) is 10.4 Å². The molecule has 1 amide bonds. The summed E-state index contributed by atoms with van der Waals surface area (Å²) >= 11 is 1.27. The normalized spacial score (nSPS) is 11.6. The molecule has 0 saturated heterocycles. The lowest BCUT2D eigenvalue weighted by Crippen LogP contribution is -2.31. The van der Waals surface area contributed by atoms with Crippen molar-refractivity contribution in [3.05, 3.63) is 23.9 Å². The number of sulfonamides is 1. The Morgan fingerprint density at radius 1 is 1.33 bits per heavy atom. The second kappa shape index (κ2) is 8.79. The zero-order valence-electron chi connectivity index (χ0n) is 15.9. The minimum atomic E-state index is -3.91. The Kier molecular flexibility index (Phi) is 6.93. The molecular weight excluding hydrogens is 390 g/mol. The molecule has 1 aromatic carbocycles. The van der Waals surface area contributed by atoms with E-state index in [-0.39, 0.29) is 23.1 Å². The van der Waals surface area contributed by atoms with Gasteiger partial charge in [-0.05, 0) is 37.1 Å². The number of amides is 1.